The SMILES string of the molecule is COC(C)(C(=O)c1cccc(-c2ccc(-c3ccc(CP)cc3)cc2)c1)c1ccccc1. The van der Waals surface area contributed by atoms with Crippen LogP contribution < -0.4 is 0 Å². The van der Waals surface area contributed by atoms with Gasteiger partial charge in [0, 0.05) is 12.7 Å². The maximum atomic E-state index is 13.4. The number of methoxy groups -OCH3 is 1. The van der Waals surface area contributed by atoms with Crippen molar-refractivity contribution in [2.24, 2.45) is 0 Å². The topological polar surface area (TPSA) is 26.3 Å². The second-order valence-electron chi connectivity index (χ2n) is 7.99. The third-order valence-corrected chi connectivity index (χ3v) is 6.50. The van der Waals surface area contributed by atoms with Crippen LogP contribution in [0.4, 0.5) is 0 Å². The molecule has 0 radical (unpaired) electrons. The maximum Gasteiger partial charge on any atom is 0.198 e. The van der Waals surface area contributed by atoms with Crippen LogP contribution in [0.25, 0.3) is 22.3 Å². The van der Waals surface area contributed by atoms with Crippen molar-refractivity contribution in [2.75, 3.05) is 7.11 Å². The number of ether oxygens (including phenoxy) is 1. The second-order valence-corrected chi connectivity index (χ2v) is 8.40. The van der Waals surface area contributed by atoms with E-state index in [9.17, 15) is 4.79 Å². The van der Waals surface area contributed by atoms with Crippen molar-refractivity contribution in [3.8, 4) is 22.3 Å². The Labute approximate surface area is 192 Å². The van der Waals surface area contributed by atoms with Gasteiger partial charge in [0.25, 0.3) is 0 Å². The van der Waals surface area contributed by atoms with E-state index in [0.29, 0.717) is 5.56 Å². The smallest absolute Gasteiger partial charge is 0.198 e. The van der Waals surface area contributed by atoms with Gasteiger partial charge >= 0.3 is 0 Å². The van der Waals surface area contributed by atoms with E-state index in [1.807, 2.05) is 61.5 Å². The average Bonchev–Trinajstić information content (AvgIpc) is 2.88. The van der Waals surface area contributed by atoms with Gasteiger partial charge in [-0.2, -0.15) is 0 Å². The van der Waals surface area contributed by atoms with Crippen LogP contribution in [0, 0.1) is 0 Å². The Balaban J connectivity index is 1.62. The fraction of sp³-hybridized carbons (Fsp3) is 0.138. The Morgan fingerprint density at radius 1 is 0.750 bits per heavy atom. The molecule has 2 unspecified atom stereocenters. The summed E-state index contributed by atoms with van der Waals surface area (Å²) >= 11 is 0. The highest BCUT2D eigenvalue weighted by Gasteiger charge is 2.35. The van der Waals surface area contributed by atoms with Gasteiger partial charge in [-0.15, -0.1) is 9.24 Å². The first-order valence-electron chi connectivity index (χ1n) is 10.7. The summed E-state index contributed by atoms with van der Waals surface area (Å²) in [6.45, 7) is 1.83. The van der Waals surface area contributed by atoms with Gasteiger partial charge in [0.05, 0.1) is 0 Å². The first kappa shape index (κ1) is 22.1. The number of ketones is 1. The molecule has 0 saturated heterocycles. The lowest BCUT2D eigenvalue weighted by Crippen LogP contribution is -2.34. The van der Waals surface area contributed by atoms with E-state index in [0.717, 1.165) is 22.9 Å². The Hall–Kier alpha value is -3.06. The van der Waals surface area contributed by atoms with Crippen molar-refractivity contribution in [1.82, 2.24) is 0 Å². The molecule has 0 amide bonds. The summed E-state index contributed by atoms with van der Waals surface area (Å²) in [6, 6.07) is 34.5. The van der Waals surface area contributed by atoms with Crippen LogP contribution in [0.2, 0.25) is 0 Å². The Morgan fingerprint density at radius 2 is 1.31 bits per heavy atom. The van der Waals surface area contributed by atoms with Crippen molar-refractivity contribution < 1.29 is 9.53 Å². The molecular formula is C29H27O2P. The zero-order valence-electron chi connectivity index (χ0n) is 18.4. The quantitative estimate of drug-likeness (QED) is 0.226. The van der Waals surface area contributed by atoms with Gasteiger partial charge < -0.3 is 4.74 Å². The van der Waals surface area contributed by atoms with Crippen molar-refractivity contribution in [2.45, 2.75) is 18.7 Å². The predicted octanol–water partition coefficient (Wildman–Crippen LogP) is 7.14. The average molecular weight is 439 g/mol. The number of carbonyl (C=O) groups is 1. The highest BCUT2D eigenvalue weighted by Crippen LogP contribution is 2.31. The van der Waals surface area contributed by atoms with Crippen LogP contribution in [0.15, 0.2) is 103 Å². The molecule has 0 aliphatic rings. The number of hydrogen-bond donors (Lipinski definition) is 0. The summed E-state index contributed by atoms with van der Waals surface area (Å²) in [4.78, 5) is 13.4. The van der Waals surface area contributed by atoms with Crippen LogP contribution in [-0.4, -0.2) is 12.9 Å². The van der Waals surface area contributed by atoms with Crippen LogP contribution in [-0.2, 0) is 16.5 Å². The van der Waals surface area contributed by atoms with Gasteiger partial charge in [-0.05, 0) is 52.5 Å². The second kappa shape index (κ2) is 9.61. The van der Waals surface area contributed by atoms with Crippen molar-refractivity contribution >= 4 is 15.0 Å². The van der Waals surface area contributed by atoms with E-state index < -0.39 is 5.60 Å². The Morgan fingerprint density at radius 3 is 1.88 bits per heavy atom. The maximum absolute atomic E-state index is 13.4. The molecule has 0 fully saturated rings. The molecule has 0 saturated carbocycles. The molecule has 4 aromatic carbocycles. The van der Waals surface area contributed by atoms with Crippen LogP contribution in [0.3, 0.4) is 0 Å². The molecule has 160 valence electrons. The molecule has 4 aromatic rings. The molecule has 0 N–H and O–H groups in total. The number of benzene rings is 4. The first-order chi connectivity index (χ1) is 15.5. The predicted molar refractivity (Wildman–Crippen MR) is 136 cm³/mol. The molecule has 0 aliphatic carbocycles. The van der Waals surface area contributed by atoms with E-state index in [-0.39, 0.29) is 5.78 Å². The summed E-state index contributed by atoms with van der Waals surface area (Å²) in [5, 5.41) is 0. The van der Waals surface area contributed by atoms with Crippen molar-refractivity contribution in [1.29, 1.82) is 0 Å². The molecule has 4 rings (SSSR count). The van der Waals surface area contributed by atoms with Gasteiger partial charge in [0.15, 0.2) is 11.4 Å². The fourth-order valence-electron chi connectivity index (χ4n) is 3.90. The van der Waals surface area contributed by atoms with Crippen LogP contribution >= 0.6 is 9.24 Å². The lowest BCUT2D eigenvalue weighted by atomic mass is 9.86. The van der Waals surface area contributed by atoms with Crippen molar-refractivity contribution in [3.05, 3.63) is 120 Å². The minimum Gasteiger partial charge on any atom is -0.366 e. The molecule has 0 heterocycles. The molecule has 3 heteroatoms. The zero-order chi connectivity index (χ0) is 22.6. The molecule has 2 nitrogen and oxygen atoms in total. The number of Topliss-reactive ketones (excluding diaryl/α,β-unsaturated/α-hetero) is 1. The molecular weight excluding hydrogens is 411 g/mol. The van der Waals surface area contributed by atoms with Gasteiger partial charge in [-0.3, -0.25) is 4.79 Å². The molecule has 0 bridgehead atoms. The molecule has 0 aromatic heterocycles. The van der Waals surface area contributed by atoms with E-state index in [1.165, 1.54) is 16.7 Å². The Bertz CT molecular complexity index is 1200. The number of rotatable bonds is 7. The normalized spacial score (nSPS) is 12.8. The lowest BCUT2D eigenvalue weighted by Gasteiger charge is -2.27. The largest absolute Gasteiger partial charge is 0.366 e. The third kappa shape index (κ3) is 4.43. The number of carbonyl (C=O) groups excluding carboxylic acids is 1. The summed E-state index contributed by atoms with van der Waals surface area (Å²) in [5.41, 5.74) is 6.19. The Kier molecular flexibility index (Phi) is 6.65. The minimum atomic E-state index is -1.03. The number of hydrogen-bond acceptors (Lipinski definition) is 2. The molecule has 2 atom stereocenters. The standard InChI is InChI=1S/C29H27O2P/c1-29(31-2,27-9-4-3-5-10-27)28(30)26-8-6-7-25(19-26)24-17-15-23(16-18-24)22-13-11-21(20-32)12-14-22/h3-19H,20,32H2,1-2H3. The lowest BCUT2D eigenvalue weighted by molar-refractivity contribution is 0.0102. The van der Waals surface area contributed by atoms with Crippen LogP contribution in [0.1, 0.15) is 28.4 Å². The molecule has 32 heavy (non-hydrogen) atoms. The van der Waals surface area contributed by atoms with E-state index in [4.69, 9.17) is 4.74 Å². The highest BCUT2D eigenvalue weighted by molar-refractivity contribution is 7.15. The van der Waals surface area contributed by atoms with Gasteiger partial charge in [-0.25, -0.2) is 0 Å². The summed E-state index contributed by atoms with van der Waals surface area (Å²) in [5.74, 6) is -0.0566. The summed E-state index contributed by atoms with van der Waals surface area (Å²) < 4.78 is 5.72. The summed E-state index contributed by atoms with van der Waals surface area (Å²) in [7, 11) is 4.34. The highest BCUT2D eigenvalue weighted by atomic mass is 31.0. The minimum absolute atomic E-state index is 0.0566. The molecule has 0 spiro atoms. The van der Waals surface area contributed by atoms with Gasteiger partial charge in [0.1, 0.15) is 0 Å². The van der Waals surface area contributed by atoms with E-state index >= 15 is 0 Å². The zero-order valence-corrected chi connectivity index (χ0v) is 19.6. The van der Waals surface area contributed by atoms with Gasteiger partial charge in [-0.1, -0.05) is 97.1 Å². The monoisotopic (exact) mass is 438 g/mol. The van der Waals surface area contributed by atoms with Crippen molar-refractivity contribution in [3.63, 3.8) is 0 Å². The molecule has 0 aliphatic heterocycles. The third-order valence-electron chi connectivity index (χ3n) is 6.03. The fourth-order valence-corrected chi connectivity index (χ4v) is 4.17. The van der Waals surface area contributed by atoms with E-state index in [1.54, 1.807) is 7.11 Å². The van der Waals surface area contributed by atoms with Crippen LogP contribution in [0.5, 0.6) is 0 Å². The van der Waals surface area contributed by atoms with E-state index in [2.05, 4.69) is 57.8 Å². The summed E-state index contributed by atoms with van der Waals surface area (Å²) in [6.07, 6.45) is 0.959. The van der Waals surface area contributed by atoms with Gasteiger partial charge in [0.2, 0.25) is 0 Å². The first-order valence-corrected chi connectivity index (χ1v) is 11.5.